The smallest absolute Gasteiger partial charge is 0.0613 e. The van der Waals surface area contributed by atoms with E-state index < -0.39 is 7.80 Å². The molecular formula is C24H34OP+. The Morgan fingerprint density at radius 3 is 0.923 bits per heavy atom. The van der Waals surface area contributed by atoms with Crippen molar-refractivity contribution in [2.45, 2.75) is 79.1 Å². The summed E-state index contributed by atoms with van der Waals surface area (Å²) in [6.45, 7) is 17.6. The molecule has 0 fully saturated rings. The van der Waals surface area contributed by atoms with E-state index in [1.54, 1.807) is 0 Å². The number of benzene rings is 2. The first-order chi connectivity index (χ1) is 12.1. The third kappa shape index (κ3) is 4.83. The lowest BCUT2D eigenvalue weighted by atomic mass is 9.96. The second kappa shape index (κ2) is 8.49. The van der Waals surface area contributed by atoms with Crippen molar-refractivity contribution in [3.8, 4) is 0 Å². The predicted molar refractivity (Wildman–Crippen MR) is 116 cm³/mol. The van der Waals surface area contributed by atoms with Gasteiger partial charge in [0.15, 0.2) is 10.6 Å². The molecule has 1 nitrogen and oxygen atoms in total. The van der Waals surface area contributed by atoms with Crippen LogP contribution in [0.25, 0.3) is 0 Å². The summed E-state index contributed by atoms with van der Waals surface area (Å²) in [5, 5.41) is 1.93. The Kier molecular flexibility index (Phi) is 6.80. The lowest BCUT2D eigenvalue weighted by Gasteiger charge is -2.12. The van der Waals surface area contributed by atoms with E-state index in [0.717, 1.165) is 10.6 Å². The highest BCUT2D eigenvalue weighted by molar-refractivity contribution is 7.61. The molecule has 0 bridgehead atoms. The van der Waals surface area contributed by atoms with Crippen molar-refractivity contribution in [1.82, 2.24) is 0 Å². The molecule has 0 aliphatic heterocycles. The average molecular weight is 370 g/mol. The predicted octanol–water partition coefficient (Wildman–Crippen LogP) is 6.96. The van der Waals surface area contributed by atoms with Crippen molar-refractivity contribution in [1.29, 1.82) is 0 Å². The highest BCUT2D eigenvalue weighted by atomic mass is 31.1. The third-order valence-electron chi connectivity index (χ3n) is 5.06. The van der Waals surface area contributed by atoms with Crippen LogP contribution >= 0.6 is 7.80 Å². The third-order valence-corrected chi connectivity index (χ3v) is 6.51. The summed E-state index contributed by atoms with van der Waals surface area (Å²) < 4.78 is 13.5. The maximum Gasteiger partial charge on any atom is 0.415 e. The second-order valence-electron chi connectivity index (χ2n) is 8.63. The molecule has 2 rings (SSSR count). The molecule has 0 heterocycles. The minimum atomic E-state index is -1.58. The van der Waals surface area contributed by atoms with Gasteiger partial charge in [0.1, 0.15) is 0 Å². The van der Waals surface area contributed by atoms with E-state index >= 15 is 0 Å². The maximum atomic E-state index is 13.5. The van der Waals surface area contributed by atoms with Crippen molar-refractivity contribution in [3.05, 3.63) is 58.7 Å². The molecule has 2 heteroatoms. The van der Waals surface area contributed by atoms with Gasteiger partial charge in [-0.05, 0) is 70.2 Å². The van der Waals surface area contributed by atoms with Gasteiger partial charge in [-0.15, -0.1) is 0 Å². The van der Waals surface area contributed by atoms with Crippen molar-refractivity contribution >= 4 is 18.4 Å². The summed E-state index contributed by atoms with van der Waals surface area (Å²) in [5.41, 5.74) is 5.11. The minimum Gasteiger partial charge on any atom is -0.0613 e. The Bertz CT molecular complexity index is 667. The first kappa shape index (κ1) is 20.8. The van der Waals surface area contributed by atoms with Crippen LogP contribution in [0.5, 0.6) is 0 Å². The van der Waals surface area contributed by atoms with E-state index in [0.29, 0.717) is 23.7 Å². The van der Waals surface area contributed by atoms with Gasteiger partial charge in [-0.25, -0.2) is 0 Å². The normalized spacial score (nSPS) is 11.8. The van der Waals surface area contributed by atoms with Crippen molar-refractivity contribution in [3.63, 3.8) is 0 Å². The molecule has 0 saturated heterocycles. The van der Waals surface area contributed by atoms with Crippen LogP contribution in [0.3, 0.4) is 0 Å². The Hall–Kier alpha value is -1.46. The number of hydrogen-bond acceptors (Lipinski definition) is 1. The highest BCUT2D eigenvalue weighted by Gasteiger charge is 2.27. The molecule has 0 amide bonds. The zero-order valence-electron chi connectivity index (χ0n) is 17.6. The van der Waals surface area contributed by atoms with Crippen LogP contribution in [0.15, 0.2) is 36.4 Å². The van der Waals surface area contributed by atoms with E-state index in [1.165, 1.54) is 22.3 Å². The number of hydrogen-bond donors (Lipinski definition) is 0. The highest BCUT2D eigenvalue weighted by Crippen LogP contribution is 2.29. The van der Waals surface area contributed by atoms with Crippen LogP contribution < -0.4 is 10.6 Å². The molecule has 0 aromatic heterocycles. The molecular weight excluding hydrogens is 335 g/mol. The molecule has 0 unspecified atom stereocenters. The zero-order valence-corrected chi connectivity index (χ0v) is 18.5. The Morgan fingerprint density at radius 1 is 0.500 bits per heavy atom. The van der Waals surface area contributed by atoms with E-state index in [4.69, 9.17) is 0 Å². The van der Waals surface area contributed by atoms with Gasteiger partial charge in [0.25, 0.3) is 0 Å². The van der Waals surface area contributed by atoms with Gasteiger partial charge in [-0.1, -0.05) is 72.1 Å². The largest absolute Gasteiger partial charge is 0.415 e. The SMILES string of the molecule is CC(C)c1cc(C(C)C)cc([P+](=O)c2cc(C(C)C)cc(C(C)C)c2)c1. The lowest BCUT2D eigenvalue weighted by molar-refractivity contribution is 0.598. The van der Waals surface area contributed by atoms with Crippen molar-refractivity contribution < 1.29 is 4.57 Å². The Morgan fingerprint density at radius 2 is 0.731 bits per heavy atom. The Labute approximate surface area is 161 Å². The first-order valence-electron chi connectivity index (χ1n) is 9.87. The quantitative estimate of drug-likeness (QED) is 0.503. The fourth-order valence-electron chi connectivity index (χ4n) is 3.03. The molecule has 0 spiro atoms. The first-order valence-corrected chi connectivity index (χ1v) is 11.1. The van der Waals surface area contributed by atoms with E-state index in [9.17, 15) is 4.57 Å². The number of rotatable bonds is 6. The van der Waals surface area contributed by atoms with Gasteiger partial charge in [-0.2, -0.15) is 0 Å². The van der Waals surface area contributed by atoms with Gasteiger partial charge >= 0.3 is 7.80 Å². The van der Waals surface area contributed by atoms with Gasteiger partial charge < -0.3 is 0 Å². The van der Waals surface area contributed by atoms with Crippen molar-refractivity contribution in [2.75, 3.05) is 0 Å². The van der Waals surface area contributed by atoms with Gasteiger partial charge in [0.2, 0.25) is 0 Å². The molecule has 26 heavy (non-hydrogen) atoms. The molecule has 0 saturated carbocycles. The standard InChI is InChI=1S/C24H34OP/c1-15(2)19-9-20(16(3)4)12-23(11-19)26(25)24-13-21(17(5)6)10-22(14-24)18(7)8/h9-18H,1-8H3/q+1. The van der Waals surface area contributed by atoms with Crippen LogP contribution in [-0.4, -0.2) is 0 Å². The minimum absolute atomic E-state index is 0.434. The summed E-state index contributed by atoms with van der Waals surface area (Å²) in [7, 11) is -1.58. The van der Waals surface area contributed by atoms with Gasteiger partial charge in [-0.3, -0.25) is 0 Å². The molecule has 140 valence electrons. The average Bonchev–Trinajstić information content (AvgIpc) is 2.59. The Balaban J connectivity index is 2.58. The maximum absolute atomic E-state index is 13.5. The fraction of sp³-hybridized carbons (Fsp3) is 0.500. The van der Waals surface area contributed by atoms with E-state index in [-0.39, 0.29) is 0 Å². The van der Waals surface area contributed by atoms with Gasteiger partial charge in [0, 0.05) is 0 Å². The molecule has 2 aromatic rings. The van der Waals surface area contributed by atoms with Crippen LogP contribution in [0.2, 0.25) is 0 Å². The van der Waals surface area contributed by atoms with Gasteiger partial charge in [0.05, 0.1) is 0 Å². The van der Waals surface area contributed by atoms with Crippen LogP contribution in [0, 0.1) is 0 Å². The molecule has 2 aromatic carbocycles. The monoisotopic (exact) mass is 369 g/mol. The molecule has 0 radical (unpaired) electrons. The lowest BCUT2D eigenvalue weighted by Crippen LogP contribution is -2.12. The summed E-state index contributed by atoms with van der Waals surface area (Å²) in [5.74, 6) is 1.74. The second-order valence-corrected chi connectivity index (χ2v) is 10.3. The van der Waals surface area contributed by atoms with Crippen LogP contribution in [0.4, 0.5) is 0 Å². The van der Waals surface area contributed by atoms with E-state index in [1.807, 2.05) is 0 Å². The molecule has 0 aliphatic rings. The summed E-state index contributed by atoms with van der Waals surface area (Å²) in [4.78, 5) is 0. The molecule has 0 atom stereocenters. The van der Waals surface area contributed by atoms with Crippen LogP contribution in [-0.2, 0) is 4.57 Å². The summed E-state index contributed by atoms with van der Waals surface area (Å²) in [6, 6.07) is 13.1. The topological polar surface area (TPSA) is 17.1 Å². The van der Waals surface area contributed by atoms with Crippen LogP contribution in [0.1, 0.15) is 101 Å². The summed E-state index contributed by atoms with van der Waals surface area (Å²) in [6.07, 6.45) is 0. The van der Waals surface area contributed by atoms with E-state index in [2.05, 4.69) is 91.8 Å². The molecule has 0 aliphatic carbocycles. The fourth-order valence-corrected chi connectivity index (χ4v) is 4.40. The zero-order chi connectivity index (χ0) is 19.6. The summed E-state index contributed by atoms with van der Waals surface area (Å²) >= 11 is 0. The van der Waals surface area contributed by atoms with Crippen molar-refractivity contribution in [2.24, 2.45) is 0 Å². The molecule has 0 N–H and O–H groups in total.